The Morgan fingerprint density at radius 2 is 2.04 bits per heavy atom. The predicted octanol–water partition coefficient (Wildman–Crippen LogP) is 3.55. The third-order valence-corrected chi connectivity index (χ3v) is 4.85. The molecule has 0 aliphatic rings. The highest BCUT2D eigenvalue weighted by molar-refractivity contribution is 8.00. The summed E-state index contributed by atoms with van der Waals surface area (Å²) in [6.45, 7) is 3.56. The second-order valence-corrected chi connectivity index (χ2v) is 7.19. The van der Waals surface area contributed by atoms with Gasteiger partial charge in [0.15, 0.2) is 16.8 Å². The molecule has 1 atom stereocenters. The van der Waals surface area contributed by atoms with E-state index in [9.17, 15) is 4.79 Å². The van der Waals surface area contributed by atoms with Gasteiger partial charge in [-0.2, -0.15) is 0 Å². The number of carbonyl (C=O) groups is 1. The molecule has 0 bridgehead atoms. The van der Waals surface area contributed by atoms with Gasteiger partial charge >= 0.3 is 0 Å². The van der Waals surface area contributed by atoms with Gasteiger partial charge in [-0.1, -0.05) is 28.5 Å². The quantitative estimate of drug-likeness (QED) is 0.684. The summed E-state index contributed by atoms with van der Waals surface area (Å²) in [6, 6.07) is 9.02. The van der Waals surface area contributed by atoms with E-state index in [2.05, 4.69) is 20.7 Å². The third kappa shape index (κ3) is 4.02. The number of nitrogens with one attached hydrogen (secondary N) is 1. The van der Waals surface area contributed by atoms with Gasteiger partial charge in [-0.25, -0.2) is 0 Å². The van der Waals surface area contributed by atoms with Crippen molar-refractivity contribution in [1.29, 1.82) is 0 Å². The summed E-state index contributed by atoms with van der Waals surface area (Å²) in [5.41, 5.74) is 0.904. The molecule has 3 aromatic rings. The molecule has 3 rings (SSSR count). The van der Waals surface area contributed by atoms with E-state index < -0.39 is 0 Å². The van der Waals surface area contributed by atoms with E-state index in [1.54, 1.807) is 32.0 Å². The largest absolute Gasteiger partial charge is 0.360 e. The van der Waals surface area contributed by atoms with Crippen molar-refractivity contribution in [3.8, 4) is 11.4 Å². The smallest absolute Gasteiger partial charge is 0.238 e. The van der Waals surface area contributed by atoms with Crippen LogP contribution < -0.4 is 5.32 Å². The van der Waals surface area contributed by atoms with E-state index in [4.69, 9.17) is 16.1 Å². The first-order chi connectivity index (χ1) is 11.9. The number of aryl methyl sites for hydroxylation is 1. The SMILES string of the molecule is Cc1cc(NC(=O)[C@H](C)Sc2nnc(-c3ccc(Cl)cc3)n2C)no1. The Labute approximate surface area is 153 Å². The maximum Gasteiger partial charge on any atom is 0.238 e. The first-order valence-corrected chi connectivity index (χ1v) is 8.76. The van der Waals surface area contributed by atoms with E-state index in [-0.39, 0.29) is 11.2 Å². The fourth-order valence-electron chi connectivity index (χ4n) is 2.13. The molecule has 0 saturated heterocycles. The number of hydrogen-bond acceptors (Lipinski definition) is 6. The van der Waals surface area contributed by atoms with E-state index in [1.165, 1.54) is 11.8 Å². The lowest BCUT2D eigenvalue weighted by Crippen LogP contribution is -2.23. The number of aromatic nitrogens is 4. The highest BCUT2D eigenvalue weighted by atomic mass is 35.5. The summed E-state index contributed by atoms with van der Waals surface area (Å²) in [6.07, 6.45) is 0. The minimum absolute atomic E-state index is 0.186. The van der Waals surface area contributed by atoms with Crippen LogP contribution in [0.25, 0.3) is 11.4 Å². The van der Waals surface area contributed by atoms with Crippen LogP contribution in [0.15, 0.2) is 40.0 Å². The monoisotopic (exact) mass is 377 g/mol. The summed E-state index contributed by atoms with van der Waals surface area (Å²) in [7, 11) is 1.86. The molecule has 130 valence electrons. The molecule has 0 spiro atoms. The lowest BCUT2D eigenvalue weighted by Gasteiger charge is -2.10. The average Bonchev–Trinajstić information content (AvgIpc) is 3.15. The maximum atomic E-state index is 12.3. The standard InChI is InChI=1S/C16H16ClN5O2S/c1-9-8-13(21-24-9)18-15(23)10(2)25-16-20-19-14(22(16)3)11-4-6-12(17)7-5-11/h4-8,10H,1-3H3,(H,18,21,23)/t10-/m0/s1. The lowest BCUT2D eigenvalue weighted by molar-refractivity contribution is -0.115. The summed E-state index contributed by atoms with van der Waals surface area (Å²) in [5.74, 6) is 1.56. The van der Waals surface area contributed by atoms with Gasteiger partial charge in [-0.05, 0) is 38.1 Å². The van der Waals surface area contributed by atoms with Crippen LogP contribution in [0.3, 0.4) is 0 Å². The fraction of sp³-hybridized carbons (Fsp3) is 0.250. The number of amides is 1. The molecule has 25 heavy (non-hydrogen) atoms. The summed E-state index contributed by atoms with van der Waals surface area (Å²) in [4.78, 5) is 12.3. The molecule has 0 saturated carbocycles. The van der Waals surface area contributed by atoms with Crippen LogP contribution in [-0.4, -0.2) is 31.1 Å². The number of thioether (sulfide) groups is 1. The van der Waals surface area contributed by atoms with Crippen LogP contribution in [0.5, 0.6) is 0 Å². The Morgan fingerprint density at radius 3 is 2.68 bits per heavy atom. The highest BCUT2D eigenvalue weighted by Gasteiger charge is 2.20. The topological polar surface area (TPSA) is 85.8 Å². The highest BCUT2D eigenvalue weighted by Crippen LogP contribution is 2.27. The molecule has 0 unspecified atom stereocenters. The Bertz CT molecular complexity index is 890. The van der Waals surface area contributed by atoms with Crippen LogP contribution >= 0.6 is 23.4 Å². The summed E-state index contributed by atoms with van der Waals surface area (Å²) >= 11 is 7.23. The Hall–Kier alpha value is -2.32. The summed E-state index contributed by atoms with van der Waals surface area (Å²) in [5, 5.41) is 15.8. The molecule has 7 nitrogen and oxygen atoms in total. The van der Waals surface area contributed by atoms with Crippen molar-refractivity contribution in [2.24, 2.45) is 7.05 Å². The second-order valence-electron chi connectivity index (χ2n) is 5.44. The molecule has 2 aromatic heterocycles. The Morgan fingerprint density at radius 1 is 1.32 bits per heavy atom. The number of rotatable bonds is 5. The molecule has 0 radical (unpaired) electrons. The van der Waals surface area contributed by atoms with Crippen molar-refractivity contribution in [3.05, 3.63) is 41.1 Å². The molecule has 0 fully saturated rings. The molecular formula is C16H16ClN5O2S. The predicted molar refractivity (Wildman–Crippen MR) is 96.6 cm³/mol. The number of benzene rings is 1. The van der Waals surface area contributed by atoms with Crippen LogP contribution in [0.1, 0.15) is 12.7 Å². The third-order valence-electron chi connectivity index (χ3n) is 3.47. The fourth-order valence-corrected chi connectivity index (χ4v) is 3.07. The first kappa shape index (κ1) is 17.5. The van der Waals surface area contributed by atoms with E-state index >= 15 is 0 Å². The van der Waals surface area contributed by atoms with Gasteiger partial charge in [-0.3, -0.25) is 4.79 Å². The zero-order valence-corrected chi connectivity index (χ0v) is 15.4. The Kier molecular flexibility index (Phi) is 5.10. The number of hydrogen-bond donors (Lipinski definition) is 1. The lowest BCUT2D eigenvalue weighted by atomic mass is 10.2. The molecule has 2 heterocycles. The molecule has 1 aromatic carbocycles. The van der Waals surface area contributed by atoms with Crippen LogP contribution in [0.4, 0.5) is 5.82 Å². The van der Waals surface area contributed by atoms with Crippen molar-refractivity contribution in [2.45, 2.75) is 24.3 Å². The number of anilines is 1. The molecule has 9 heteroatoms. The normalized spacial score (nSPS) is 12.2. The molecular weight excluding hydrogens is 362 g/mol. The first-order valence-electron chi connectivity index (χ1n) is 7.50. The van der Waals surface area contributed by atoms with E-state index in [0.29, 0.717) is 27.6 Å². The Balaban J connectivity index is 1.70. The zero-order valence-electron chi connectivity index (χ0n) is 13.9. The van der Waals surface area contributed by atoms with Gasteiger partial charge in [-0.15, -0.1) is 10.2 Å². The second kappa shape index (κ2) is 7.28. The number of nitrogens with zero attached hydrogens (tertiary/aromatic N) is 4. The molecule has 1 amide bonds. The van der Waals surface area contributed by atoms with Gasteiger partial charge in [0.2, 0.25) is 5.91 Å². The van der Waals surface area contributed by atoms with Crippen molar-refractivity contribution < 1.29 is 9.32 Å². The zero-order chi connectivity index (χ0) is 18.0. The van der Waals surface area contributed by atoms with Crippen molar-refractivity contribution in [1.82, 2.24) is 19.9 Å². The van der Waals surface area contributed by atoms with Crippen molar-refractivity contribution in [3.63, 3.8) is 0 Å². The molecule has 1 N–H and O–H groups in total. The number of carbonyl (C=O) groups excluding carboxylic acids is 1. The van der Waals surface area contributed by atoms with Crippen LogP contribution in [0.2, 0.25) is 5.02 Å². The maximum absolute atomic E-state index is 12.3. The van der Waals surface area contributed by atoms with Gasteiger partial charge < -0.3 is 14.4 Å². The van der Waals surface area contributed by atoms with Gasteiger partial charge in [0.05, 0.1) is 5.25 Å². The van der Waals surface area contributed by atoms with Gasteiger partial charge in [0, 0.05) is 23.7 Å². The van der Waals surface area contributed by atoms with Crippen LogP contribution in [-0.2, 0) is 11.8 Å². The van der Waals surface area contributed by atoms with Gasteiger partial charge in [0.25, 0.3) is 0 Å². The average molecular weight is 378 g/mol. The minimum atomic E-state index is -0.377. The van der Waals surface area contributed by atoms with Crippen LogP contribution in [0, 0.1) is 6.92 Å². The molecule has 0 aliphatic heterocycles. The van der Waals surface area contributed by atoms with E-state index in [0.717, 1.165) is 5.56 Å². The van der Waals surface area contributed by atoms with E-state index in [1.807, 2.05) is 23.7 Å². The van der Waals surface area contributed by atoms with Crippen molar-refractivity contribution in [2.75, 3.05) is 5.32 Å². The van der Waals surface area contributed by atoms with Gasteiger partial charge in [0.1, 0.15) is 5.76 Å². The summed E-state index contributed by atoms with van der Waals surface area (Å²) < 4.78 is 6.78. The minimum Gasteiger partial charge on any atom is -0.360 e. The number of halogens is 1. The molecule has 0 aliphatic carbocycles. The van der Waals surface area contributed by atoms with Crippen molar-refractivity contribution >= 4 is 35.1 Å².